The maximum absolute atomic E-state index is 11.9. The van der Waals surface area contributed by atoms with Gasteiger partial charge in [0.25, 0.3) is 0 Å². The van der Waals surface area contributed by atoms with Crippen molar-refractivity contribution in [2.45, 2.75) is 51.7 Å². The zero-order chi connectivity index (χ0) is 17.6. The van der Waals surface area contributed by atoms with Crippen LogP contribution in [0.5, 0.6) is 0 Å². The maximum atomic E-state index is 11.9. The summed E-state index contributed by atoms with van der Waals surface area (Å²) in [5.74, 6) is 0.0774. The van der Waals surface area contributed by atoms with E-state index in [4.69, 9.17) is 4.74 Å². The van der Waals surface area contributed by atoms with Gasteiger partial charge in [-0.1, -0.05) is 18.2 Å². The van der Waals surface area contributed by atoms with E-state index in [0.717, 1.165) is 36.0 Å². The Morgan fingerprint density at radius 3 is 2.83 bits per heavy atom. The largest absolute Gasteiger partial charge is 0.365 e. The molecule has 1 fully saturated rings. The number of hydrogen-bond donors (Lipinski definition) is 1. The molecule has 4 nitrogen and oxygen atoms in total. The molecule has 4 heteroatoms. The molecule has 1 aliphatic heterocycles. The van der Waals surface area contributed by atoms with Crippen molar-refractivity contribution < 1.29 is 14.3 Å². The minimum atomic E-state index is -0.162. The number of nitrogens with one attached hydrogen (secondary N) is 1. The molecule has 2 unspecified atom stereocenters. The number of epoxide rings is 1. The van der Waals surface area contributed by atoms with Crippen molar-refractivity contribution in [3.8, 4) is 0 Å². The number of hydrogen-bond acceptors (Lipinski definition) is 3. The summed E-state index contributed by atoms with van der Waals surface area (Å²) >= 11 is 0. The first-order valence-electron chi connectivity index (χ1n) is 8.24. The Bertz CT molecular complexity index is 667. The zero-order valence-electron chi connectivity index (χ0n) is 14.5. The van der Waals surface area contributed by atoms with Gasteiger partial charge in [0.05, 0.1) is 12.0 Å². The third-order valence-electron chi connectivity index (χ3n) is 4.18. The summed E-state index contributed by atoms with van der Waals surface area (Å²) in [4.78, 5) is 25.5. The predicted octanol–water partition coefficient (Wildman–Crippen LogP) is 3.71. The van der Waals surface area contributed by atoms with Gasteiger partial charge in [0, 0.05) is 11.9 Å². The van der Waals surface area contributed by atoms with Crippen molar-refractivity contribution in [3.05, 3.63) is 59.5 Å². The summed E-state index contributed by atoms with van der Waals surface area (Å²) < 4.78 is 5.74. The molecule has 128 valence electrons. The number of aldehydes is 1. The molecule has 1 aromatic rings. The highest BCUT2D eigenvalue weighted by atomic mass is 16.6. The Hall–Kier alpha value is -2.20. The Balaban J connectivity index is 1.79. The highest BCUT2D eigenvalue weighted by Gasteiger charge is 2.49. The van der Waals surface area contributed by atoms with Crippen molar-refractivity contribution in [1.82, 2.24) is 4.98 Å². The average molecular weight is 327 g/mol. The molecule has 1 N–H and O–H groups in total. The lowest BCUT2D eigenvalue weighted by Gasteiger charge is -2.02. The third-order valence-corrected chi connectivity index (χ3v) is 4.18. The first-order chi connectivity index (χ1) is 11.4. The summed E-state index contributed by atoms with van der Waals surface area (Å²) in [5, 5.41) is 0. The molecule has 1 aromatic heterocycles. The molecule has 0 saturated carbocycles. The van der Waals surface area contributed by atoms with Gasteiger partial charge in [-0.3, -0.25) is 9.59 Å². The van der Waals surface area contributed by atoms with E-state index in [1.165, 1.54) is 0 Å². The standard InChI is InChI=1S/C20H25NO3/c1-15(12-18(23)13-17-7-5-11-21-17)8-9-19-20(3,24-19)10-4-6-16(2)14-22/h5-9,11-12,14,19,21H,4,10,13H2,1-3H3/b9-8+,15-12+,16-6+. The second kappa shape index (κ2) is 8.06. The van der Waals surface area contributed by atoms with Crippen LogP contribution in [0.15, 0.2) is 53.8 Å². The third kappa shape index (κ3) is 5.46. The highest BCUT2D eigenvalue weighted by Crippen LogP contribution is 2.41. The fraction of sp³-hybridized carbons (Fsp3) is 0.400. The lowest BCUT2D eigenvalue weighted by atomic mass is 10.00. The molecular weight excluding hydrogens is 302 g/mol. The predicted molar refractivity (Wildman–Crippen MR) is 94.7 cm³/mol. The van der Waals surface area contributed by atoms with Crippen LogP contribution in [0, 0.1) is 0 Å². The smallest absolute Gasteiger partial charge is 0.161 e. The lowest BCUT2D eigenvalue weighted by molar-refractivity contribution is -0.114. The average Bonchev–Trinajstić information content (AvgIpc) is 2.93. The quantitative estimate of drug-likeness (QED) is 0.325. The Morgan fingerprint density at radius 2 is 2.17 bits per heavy atom. The minimum absolute atomic E-state index is 0.0734. The van der Waals surface area contributed by atoms with Gasteiger partial charge in [-0.2, -0.15) is 0 Å². The summed E-state index contributed by atoms with van der Waals surface area (Å²) in [7, 11) is 0. The normalized spacial score (nSPS) is 24.4. The lowest BCUT2D eigenvalue weighted by Crippen LogP contribution is -2.07. The summed E-state index contributed by atoms with van der Waals surface area (Å²) in [6, 6.07) is 3.79. The number of ether oxygens (including phenoxy) is 1. The number of carbonyl (C=O) groups is 2. The number of carbonyl (C=O) groups excluding carboxylic acids is 2. The summed E-state index contributed by atoms with van der Waals surface area (Å²) in [6.07, 6.45) is 12.4. The number of H-pyrrole nitrogens is 1. The van der Waals surface area contributed by atoms with E-state index in [-0.39, 0.29) is 17.5 Å². The van der Waals surface area contributed by atoms with Crippen LogP contribution in [-0.2, 0) is 20.7 Å². The van der Waals surface area contributed by atoms with E-state index in [2.05, 4.69) is 11.9 Å². The van der Waals surface area contributed by atoms with E-state index in [1.807, 2.05) is 43.5 Å². The molecule has 24 heavy (non-hydrogen) atoms. The van der Waals surface area contributed by atoms with Crippen LogP contribution in [-0.4, -0.2) is 28.8 Å². The fourth-order valence-electron chi connectivity index (χ4n) is 2.59. The Labute approximate surface area is 143 Å². The molecule has 2 rings (SSSR count). The van der Waals surface area contributed by atoms with E-state index >= 15 is 0 Å². The van der Waals surface area contributed by atoms with Crippen molar-refractivity contribution in [3.63, 3.8) is 0 Å². The molecule has 2 heterocycles. The maximum Gasteiger partial charge on any atom is 0.161 e. The van der Waals surface area contributed by atoms with Crippen LogP contribution in [0.3, 0.4) is 0 Å². The van der Waals surface area contributed by atoms with Crippen LogP contribution in [0.4, 0.5) is 0 Å². The number of aromatic amines is 1. The Morgan fingerprint density at radius 1 is 1.38 bits per heavy atom. The molecule has 0 aliphatic carbocycles. The van der Waals surface area contributed by atoms with Gasteiger partial charge in [0.2, 0.25) is 0 Å². The molecule has 2 atom stereocenters. The van der Waals surface area contributed by atoms with Crippen LogP contribution in [0.1, 0.15) is 39.3 Å². The molecule has 0 bridgehead atoms. The van der Waals surface area contributed by atoms with Crippen LogP contribution >= 0.6 is 0 Å². The van der Waals surface area contributed by atoms with Crippen molar-refractivity contribution >= 4 is 12.1 Å². The molecule has 0 amide bonds. The SMILES string of the molecule is C/C(C=O)=C\CCC1(C)OC1/C=C/C(C)=C/C(=O)Cc1ccc[nH]1. The van der Waals surface area contributed by atoms with Gasteiger partial charge < -0.3 is 9.72 Å². The first-order valence-corrected chi connectivity index (χ1v) is 8.24. The van der Waals surface area contributed by atoms with Gasteiger partial charge in [0.1, 0.15) is 12.4 Å². The Kier molecular flexibility index (Phi) is 6.10. The van der Waals surface area contributed by atoms with Gasteiger partial charge in [-0.15, -0.1) is 0 Å². The molecule has 0 aromatic carbocycles. The summed E-state index contributed by atoms with van der Waals surface area (Å²) in [5.41, 5.74) is 2.43. The van der Waals surface area contributed by atoms with Crippen LogP contribution in [0.25, 0.3) is 0 Å². The van der Waals surface area contributed by atoms with E-state index in [0.29, 0.717) is 6.42 Å². The van der Waals surface area contributed by atoms with Crippen molar-refractivity contribution in [2.24, 2.45) is 0 Å². The number of ketones is 1. The topological polar surface area (TPSA) is 62.5 Å². The van der Waals surface area contributed by atoms with Crippen molar-refractivity contribution in [1.29, 1.82) is 0 Å². The minimum Gasteiger partial charge on any atom is -0.365 e. The van der Waals surface area contributed by atoms with E-state index in [9.17, 15) is 9.59 Å². The first kappa shape index (κ1) is 18.1. The molecule has 0 radical (unpaired) electrons. The number of aromatic nitrogens is 1. The fourth-order valence-corrected chi connectivity index (χ4v) is 2.59. The van der Waals surface area contributed by atoms with Crippen LogP contribution in [0.2, 0.25) is 0 Å². The summed E-state index contributed by atoms with van der Waals surface area (Å²) in [6.45, 7) is 5.79. The molecule has 0 spiro atoms. The second-order valence-electron chi connectivity index (χ2n) is 6.54. The van der Waals surface area contributed by atoms with Crippen LogP contribution < -0.4 is 0 Å². The molecule has 1 aliphatic rings. The monoisotopic (exact) mass is 327 g/mol. The van der Waals surface area contributed by atoms with Crippen molar-refractivity contribution in [2.75, 3.05) is 0 Å². The molecular formula is C20H25NO3. The number of rotatable bonds is 9. The van der Waals surface area contributed by atoms with E-state index < -0.39 is 0 Å². The zero-order valence-corrected chi connectivity index (χ0v) is 14.5. The van der Waals surface area contributed by atoms with Gasteiger partial charge in [-0.05, 0) is 63.0 Å². The van der Waals surface area contributed by atoms with Gasteiger partial charge in [-0.25, -0.2) is 0 Å². The van der Waals surface area contributed by atoms with Gasteiger partial charge >= 0.3 is 0 Å². The number of allylic oxidation sites excluding steroid dienone is 5. The highest BCUT2D eigenvalue weighted by molar-refractivity contribution is 5.92. The van der Waals surface area contributed by atoms with Gasteiger partial charge in [0.15, 0.2) is 5.78 Å². The molecule has 1 saturated heterocycles. The van der Waals surface area contributed by atoms with E-state index in [1.54, 1.807) is 13.0 Å². The second-order valence-corrected chi connectivity index (χ2v) is 6.54.